The molecule has 1 aliphatic rings. The Morgan fingerprint density at radius 3 is 2.52 bits per heavy atom. The molecule has 1 unspecified atom stereocenters. The van der Waals surface area contributed by atoms with Crippen molar-refractivity contribution in [3.8, 4) is 22.4 Å². The molecule has 4 rings (SSSR count). The molecule has 0 radical (unpaired) electrons. The molecule has 2 aromatic carbocycles. The van der Waals surface area contributed by atoms with E-state index in [9.17, 15) is 4.79 Å². The summed E-state index contributed by atoms with van der Waals surface area (Å²) in [5, 5.41) is 4.29. The standard InChI is InChI=1S/C24H26N2O3/c1-24(2,3)28-23(27)26-13-12-20(16-26)22-15-21(25-29-22)19-11-7-10-18(14-19)17-8-5-4-6-9-17/h4-11,14-15,20H,12-13,16H2,1-3H3. The van der Waals surface area contributed by atoms with Crippen molar-refractivity contribution in [2.75, 3.05) is 13.1 Å². The summed E-state index contributed by atoms with van der Waals surface area (Å²) in [5.74, 6) is 0.956. The Morgan fingerprint density at radius 1 is 1.03 bits per heavy atom. The first-order valence-corrected chi connectivity index (χ1v) is 9.99. The molecule has 3 aromatic rings. The van der Waals surface area contributed by atoms with E-state index in [1.807, 2.05) is 57.2 Å². The molecular weight excluding hydrogens is 364 g/mol. The molecule has 1 amide bonds. The van der Waals surface area contributed by atoms with E-state index in [-0.39, 0.29) is 12.0 Å². The van der Waals surface area contributed by atoms with Crippen molar-refractivity contribution in [1.29, 1.82) is 0 Å². The van der Waals surface area contributed by atoms with Crippen LogP contribution in [0.4, 0.5) is 4.79 Å². The van der Waals surface area contributed by atoms with E-state index in [0.717, 1.165) is 29.0 Å². The lowest BCUT2D eigenvalue weighted by atomic mass is 10.0. The molecule has 0 spiro atoms. The summed E-state index contributed by atoms with van der Waals surface area (Å²) in [6, 6.07) is 20.6. The van der Waals surface area contributed by atoms with Crippen LogP contribution in [0.25, 0.3) is 22.4 Å². The van der Waals surface area contributed by atoms with Crippen LogP contribution >= 0.6 is 0 Å². The van der Waals surface area contributed by atoms with Crippen LogP contribution in [0.1, 0.15) is 38.9 Å². The molecule has 5 heteroatoms. The second kappa shape index (κ2) is 7.74. The Hall–Kier alpha value is -3.08. The maximum absolute atomic E-state index is 12.3. The predicted molar refractivity (Wildman–Crippen MR) is 113 cm³/mol. The number of nitrogens with zero attached hydrogens (tertiary/aromatic N) is 2. The van der Waals surface area contributed by atoms with Gasteiger partial charge in [-0.05, 0) is 44.4 Å². The Bertz CT molecular complexity index is 989. The van der Waals surface area contributed by atoms with Gasteiger partial charge in [0.2, 0.25) is 0 Å². The molecule has 0 bridgehead atoms. The van der Waals surface area contributed by atoms with Gasteiger partial charge in [-0.15, -0.1) is 0 Å². The molecule has 1 fully saturated rings. The molecule has 0 N–H and O–H groups in total. The van der Waals surface area contributed by atoms with Gasteiger partial charge in [0, 0.05) is 30.6 Å². The van der Waals surface area contributed by atoms with Crippen LogP contribution in [0, 0.1) is 0 Å². The number of hydrogen-bond acceptors (Lipinski definition) is 4. The van der Waals surface area contributed by atoms with Crippen molar-refractivity contribution in [1.82, 2.24) is 10.1 Å². The fraction of sp³-hybridized carbons (Fsp3) is 0.333. The van der Waals surface area contributed by atoms with Crippen LogP contribution in [0.5, 0.6) is 0 Å². The van der Waals surface area contributed by atoms with E-state index in [4.69, 9.17) is 9.26 Å². The molecular formula is C24H26N2O3. The molecule has 150 valence electrons. The zero-order valence-corrected chi connectivity index (χ0v) is 17.1. The topological polar surface area (TPSA) is 55.6 Å². The van der Waals surface area contributed by atoms with Crippen LogP contribution in [0.15, 0.2) is 65.2 Å². The number of aromatic nitrogens is 1. The minimum Gasteiger partial charge on any atom is -0.444 e. The van der Waals surface area contributed by atoms with Crippen LogP contribution in [-0.2, 0) is 4.74 Å². The summed E-state index contributed by atoms with van der Waals surface area (Å²) in [5.41, 5.74) is 3.65. The van der Waals surface area contributed by atoms with Crippen molar-refractivity contribution in [2.45, 2.75) is 38.7 Å². The SMILES string of the molecule is CC(C)(C)OC(=O)N1CCC(c2cc(-c3cccc(-c4ccccc4)c3)no2)C1. The monoisotopic (exact) mass is 390 g/mol. The smallest absolute Gasteiger partial charge is 0.410 e. The fourth-order valence-electron chi connectivity index (χ4n) is 3.59. The van der Waals surface area contributed by atoms with Gasteiger partial charge in [-0.2, -0.15) is 0 Å². The first-order valence-electron chi connectivity index (χ1n) is 9.99. The highest BCUT2D eigenvalue weighted by atomic mass is 16.6. The number of carbonyl (C=O) groups is 1. The second-order valence-electron chi connectivity index (χ2n) is 8.47. The third-order valence-electron chi connectivity index (χ3n) is 5.04. The first kappa shape index (κ1) is 19.2. The minimum atomic E-state index is -0.488. The van der Waals surface area contributed by atoms with E-state index >= 15 is 0 Å². The third kappa shape index (κ3) is 4.50. The molecule has 5 nitrogen and oxygen atoms in total. The number of likely N-dealkylation sites (tertiary alicyclic amines) is 1. The average molecular weight is 390 g/mol. The molecule has 1 aromatic heterocycles. The summed E-state index contributed by atoms with van der Waals surface area (Å²) in [6.45, 7) is 6.90. The molecule has 0 aliphatic carbocycles. The fourth-order valence-corrected chi connectivity index (χ4v) is 3.59. The third-order valence-corrected chi connectivity index (χ3v) is 5.04. The van der Waals surface area contributed by atoms with E-state index in [2.05, 4.69) is 29.4 Å². The maximum Gasteiger partial charge on any atom is 0.410 e. The maximum atomic E-state index is 12.3. The van der Waals surface area contributed by atoms with Crippen LogP contribution in [-0.4, -0.2) is 34.8 Å². The molecule has 2 heterocycles. The quantitative estimate of drug-likeness (QED) is 0.573. The number of amides is 1. The van der Waals surface area contributed by atoms with Crippen molar-refractivity contribution < 1.29 is 14.1 Å². The van der Waals surface area contributed by atoms with Gasteiger partial charge in [0.15, 0.2) is 0 Å². The van der Waals surface area contributed by atoms with E-state index in [1.54, 1.807) is 4.90 Å². The Balaban J connectivity index is 1.48. The number of ether oxygens (including phenoxy) is 1. The van der Waals surface area contributed by atoms with E-state index in [1.165, 1.54) is 5.56 Å². The summed E-state index contributed by atoms with van der Waals surface area (Å²) < 4.78 is 11.1. The van der Waals surface area contributed by atoms with Gasteiger partial charge in [-0.25, -0.2) is 4.79 Å². The second-order valence-corrected chi connectivity index (χ2v) is 8.47. The Kier molecular flexibility index (Phi) is 5.14. The number of hydrogen-bond donors (Lipinski definition) is 0. The summed E-state index contributed by atoms with van der Waals surface area (Å²) in [7, 11) is 0. The van der Waals surface area contributed by atoms with E-state index < -0.39 is 5.60 Å². The highest BCUT2D eigenvalue weighted by Gasteiger charge is 2.32. The van der Waals surface area contributed by atoms with Crippen molar-refractivity contribution in [2.24, 2.45) is 0 Å². The van der Waals surface area contributed by atoms with Crippen LogP contribution in [0.3, 0.4) is 0 Å². The number of rotatable bonds is 3. The lowest BCUT2D eigenvalue weighted by molar-refractivity contribution is 0.0291. The number of carbonyl (C=O) groups excluding carboxylic acids is 1. The van der Waals surface area contributed by atoms with Gasteiger partial charge >= 0.3 is 6.09 Å². The average Bonchev–Trinajstić information content (AvgIpc) is 3.37. The van der Waals surface area contributed by atoms with Gasteiger partial charge in [-0.3, -0.25) is 0 Å². The predicted octanol–water partition coefficient (Wildman–Crippen LogP) is 5.73. The van der Waals surface area contributed by atoms with Gasteiger partial charge in [-0.1, -0.05) is 53.7 Å². The Morgan fingerprint density at radius 2 is 1.76 bits per heavy atom. The summed E-state index contributed by atoms with van der Waals surface area (Å²) in [4.78, 5) is 14.0. The summed E-state index contributed by atoms with van der Waals surface area (Å²) in [6.07, 6.45) is 0.577. The molecule has 1 atom stereocenters. The van der Waals surface area contributed by atoms with Gasteiger partial charge in [0.05, 0.1) is 0 Å². The highest BCUT2D eigenvalue weighted by molar-refractivity contribution is 5.71. The number of benzene rings is 2. The first-order chi connectivity index (χ1) is 13.9. The van der Waals surface area contributed by atoms with Gasteiger partial charge < -0.3 is 14.2 Å². The Labute approximate surface area is 171 Å². The van der Waals surface area contributed by atoms with Crippen molar-refractivity contribution in [3.05, 3.63) is 66.4 Å². The van der Waals surface area contributed by atoms with Crippen molar-refractivity contribution in [3.63, 3.8) is 0 Å². The lowest BCUT2D eigenvalue weighted by Crippen LogP contribution is -2.35. The molecule has 1 saturated heterocycles. The zero-order chi connectivity index (χ0) is 20.4. The minimum absolute atomic E-state index is 0.140. The van der Waals surface area contributed by atoms with Gasteiger partial charge in [0.25, 0.3) is 0 Å². The van der Waals surface area contributed by atoms with Crippen molar-refractivity contribution >= 4 is 6.09 Å². The van der Waals surface area contributed by atoms with Gasteiger partial charge in [0.1, 0.15) is 17.1 Å². The lowest BCUT2D eigenvalue weighted by Gasteiger charge is -2.24. The zero-order valence-electron chi connectivity index (χ0n) is 17.1. The highest BCUT2D eigenvalue weighted by Crippen LogP contribution is 2.32. The van der Waals surface area contributed by atoms with Crippen LogP contribution < -0.4 is 0 Å². The molecule has 29 heavy (non-hydrogen) atoms. The van der Waals surface area contributed by atoms with Crippen LogP contribution in [0.2, 0.25) is 0 Å². The molecule has 1 aliphatic heterocycles. The summed E-state index contributed by atoms with van der Waals surface area (Å²) >= 11 is 0. The molecule has 0 saturated carbocycles. The largest absolute Gasteiger partial charge is 0.444 e. The normalized spacial score (nSPS) is 16.8. The van der Waals surface area contributed by atoms with E-state index in [0.29, 0.717) is 13.1 Å².